The Morgan fingerprint density at radius 3 is 2.58 bits per heavy atom. The van der Waals surface area contributed by atoms with Crippen molar-refractivity contribution in [2.45, 2.75) is 52.1 Å². The second kappa shape index (κ2) is 10.4. The van der Waals surface area contributed by atoms with Gasteiger partial charge in [0.05, 0.1) is 18.8 Å². The van der Waals surface area contributed by atoms with E-state index in [1.165, 1.54) is 12.0 Å². The molecule has 1 aromatic carbocycles. The Bertz CT molecular complexity index is 977. The summed E-state index contributed by atoms with van der Waals surface area (Å²) in [6.45, 7) is 11.8. The molecule has 2 aromatic rings. The normalized spacial score (nSPS) is 20.1. The van der Waals surface area contributed by atoms with Gasteiger partial charge in [-0.2, -0.15) is 0 Å². The lowest BCUT2D eigenvalue weighted by Gasteiger charge is -2.39. The molecule has 6 nitrogen and oxygen atoms in total. The molecule has 1 amide bonds. The number of allylic oxidation sites excluding steroid dienone is 2. The van der Waals surface area contributed by atoms with Crippen LogP contribution in [0.4, 0.5) is 0 Å². The molecule has 0 spiro atoms. The summed E-state index contributed by atoms with van der Waals surface area (Å²) in [5.41, 5.74) is 2.15. The lowest BCUT2D eigenvalue weighted by atomic mass is 9.83. The van der Waals surface area contributed by atoms with Gasteiger partial charge in [-0.3, -0.25) is 4.79 Å². The van der Waals surface area contributed by atoms with Crippen LogP contribution in [0.25, 0.3) is 11.0 Å². The van der Waals surface area contributed by atoms with Gasteiger partial charge in [0.1, 0.15) is 5.58 Å². The van der Waals surface area contributed by atoms with E-state index in [2.05, 4.69) is 31.7 Å². The average Bonchev–Trinajstić information content (AvgIpc) is 3.24. The van der Waals surface area contributed by atoms with Crippen LogP contribution in [0.15, 0.2) is 40.3 Å². The predicted octanol–water partition coefficient (Wildman–Crippen LogP) is 4.57. The van der Waals surface area contributed by atoms with Gasteiger partial charge in [0.15, 0.2) is 5.76 Å². The molecule has 2 aliphatic heterocycles. The van der Waals surface area contributed by atoms with E-state index >= 15 is 0 Å². The number of hydrogen-bond acceptors (Lipinski definition) is 5. The Kier molecular flexibility index (Phi) is 7.57. The van der Waals surface area contributed by atoms with Crippen LogP contribution in [0, 0.1) is 5.92 Å². The van der Waals surface area contributed by atoms with Crippen LogP contribution in [-0.4, -0.2) is 66.8 Å². The molecule has 33 heavy (non-hydrogen) atoms. The maximum atomic E-state index is 12.8. The molecule has 3 heterocycles. The Labute approximate surface area is 197 Å². The summed E-state index contributed by atoms with van der Waals surface area (Å²) < 4.78 is 11.2. The van der Waals surface area contributed by atoms with E-state index in [0.717, 1.165) is 49.8 Å². The highest BCUT2D eigenvalue weighted by molar-refractivity contribution is 5.96. The van der Waals surface area contributed by atoms with Crippen molar-refractivity contribution in [1.82, 2.24) is 9.80 Å². The molecule has 1 unspecified atom stereocenters. The number of morpholine rings is 1. The molecule has 1 atom stereocenters. The van der Waals surface area contributed by atoms with E-state index in [1.54, 1.807) is 4.90 Å². The minimum absolute atomic E-state index is 0.0956. The molecule has 4 rings (SSSR count). The number of furan rings is 1. The minimum atomic E-state index is -0.832. The van der Waals surface area contributed by atoms with Gasteiger partial charge in [0, 0.05) is 38.1 Å². The number of rotatable bonds is 7. The van der Waals surface area contributed by atoms with Crippen molar-refractivity contribution in [1.29, 1.82) is 0 Å². The Balaban J connectivity index is 1.37. The smallest absolute Gasteiger partial charge is 0.289 e. The summed E-state index contributed by atoms with van der Waals surface area (Å²) in [4.78, 5) is 17.0. The third-order valence-electron chi connectivity index (χ3n) is 7.03. The number of fused-ring (bicyclic) bond motifs is 1. The molecule has 0 bridgehead atoms. The van der Waals surface area contributed by atoms with Crippen molar-refractivity contribution in [3.05, 3.63) is 47.2 Å². The topological polar surface area (TPSA) is 66.2 Å². The molecule has 0 saturated carbocycles. The Morgan fingerprint density at radius 2 is 1.88 bits per heavy atom. The van der Waals surface area contributed by atoms with Crippen LogP contribution in [0.1, 0.15) is 62.6 Å². The van der Waals surface area contributed by atoms with E-state index in [4.69, 9.17) is 9.15 Å². The number of hydrogen-bond donors (Lipinski definition) is 1. The van der Waals surface area contributed by atoms with Gasteiger partial charge < -0.3 is 24.1 Å². The number of likely N-dealkylation sites (tertiary alicyclic amines) is 1. The second-order valence-corrected chi connectivity index (χ2v) is 10.1. The van der Waals surface area contributed by atoms with Gasteiger partial charge in [0.25, 0.3) is 5.91 Å². The zero-order valence-corrected chi connectivity index (χ0v) is 20.3. The van der Waals surface area contributed by atoms with Crippen molar-refractivity contribution in [2.75, 3.05) is 45.9 Å². The van der Waals surface area contributed by atoms with Crippen molar-refractivity contribution < 1.29 is 19.1 Å². The van der Waals surface area contributed by atoms with Crippen molar-refractivity contribution in [3.63, 3.8) is 0 Å². The van der Waals surface area contributed by atoms with E-state index in [0.29, 0.717) is 43.6 Å². The summed E-state index contributed by atoms with van der Waals surface area (Å²) in [5, 5.41) is 12.3. The third-order valence-corrected chi connectivity index (χ3v) is 7.03. The van der Waals surface area contributed by atoms with Gasteiger partial charge in [0.2, 0.25) is 0 Å². The van der Waals surface area contributed by atoms with Gasteiger partial charge in [-0.15, -0.1) is 0 Å². The maximum absolute atomic E-state index is 12.8. The van der Waals surface area contributed by atoms with Gasteiger partial charge in [-0.05, 0) is 69.2 Å². The lowest BCUT2D eigenvalue weighted by Crippen LogP contribution is -2.44. The van der Waals surface area contributed by atoms with Gasteiger partial charge in [-0.25, -0.2) is 0 Å². The fourth-order valence-electron chi connectivity index (χ4n) is 4.94. The standard InChI is InChI=1S/C27H38N2O4/c1-20(2)5-4-6-21(3)19-28-11-9-27(31,10-12-28)23-7-8-24-22(17-23)18-25(33-24)26(30)29-13-15-32-16-14-29/h5,7-8,17-18,21,31H,4,6,9-16,19H2,1-3H3. The second-order valence-electron chi connectivity index (χ2n) is 10.1. The number of carbonyl (C=O) groups is 1. The Hall–Kier alpha value is -2.15. The molecule has 2 saturated heterocycles. The van der Waals surface area contributed by atoms with Crippen molar-refractivity contribution >= 4 is 16.9 Å². The number of amides is 1. The summed E-state index contributed by atoms with van der Waals surface area (Å²) in [6.07, 6.45) is 6.10. The maximum Gasteiger partial charge on any atom is 0.289 e. The van der Waals surface area contributed by atoms with E-state index in [9.17, 15) is 9.90 Å². The number of benzene rings is 1. The number of nitrogens with zero attached hydrogens (tertiary/aromatic N) is 2. The molecule has 2 fully saturated rings. The van der Waals surface area contributed by atoms with Crippen LogP contribution in [-0.2, 0) is 10.3 Å². The van der Waals surface area contributed by atoms with E-state index < -0.39 is 5.60 Å². The highest BCUT2D eigenvalue weighted by Crippen LogP contribution is 2.35. The van der Waals surface area contributed by atoms with Crippen LogP contribution in [0.3, 0.4) is 0 Å². The predicted molar refractivity (Wildman–Crippen MR) is 130 cm³/mol. The zero-order valence-electron chi connectivity index (χ0n) is 20.3. The summed E-state index contributed by atoms with van der Waals surface area (Å²) in [6, 6.07) is 7.64. The highest BCUT2D eigenvalue weighted by atomic mass is 16.5. The molecule has 1 N–H and O–H groups in total. The molecule has 1 aromatic heterocycles. The number of carbonyl (C=O) groups excluding carboxylic acids is 1. The monoisotopic (exact) mass is 454 g/mol. The van der Waals surface area contributed by atoms with Crippen LogP contribution < -0.4 is 0 Å². The number of aliphatic hydroxyl groups is 1. The molecule has 0 radical (unpaired) electrons. The largest absolute Gasteiger partial charge is 0.451 e. The molecule has 6 heteroatoms. The first-order chi connectivity index (χ1) is 15.8. The highest BCUT2D eigenvalue weighted by Gasteiger charge is 2.34. The van der Waals surface area contributed by atoms with Gasteiger partial charge in [-0.1, -0.05) is 24.6 Å². The fraction of sp³-hybridized carbons (Fsp3) is 0.593. The van der Waals surface area contributed by atoms with E-state index in [-0.39, 0.29) is 5.91 Å². The minimum Gasteiger partial charge on any atom is -0.451 e. The molecule has 0 aliphatic carbocycles. The molecular formula is C27H38N2O4. The zero-order chi connectivity index (χ0) is 23.4. The number of piperidine rings is 1. The first-order valence-electron chi connectivity index (χ1n) is 12.3. The first-order valence-corrected chi connectivity index (χ1v) is 12.3. The number of ether oxygens (including phenoxy) is 1. The van der Waals surface area contributed by atoms with Crippen molar-refractivity contribution in [2.24, 2.45) is 5.92 Å². The first kappa shape index (κ1) is 24.0. The summed E-state index contributed by atoms with van der Waals surface area (Å²) in [5.74, 6) is 0.909. The van der Waals surface area contributed by atoms with Crippen LogP contribution >= 0.6 is 0 Å². The molecule has 180 valence electrons. The Morgan fingerprint density at radius 1 is 1.15 bits per heavy atom. The fourth-order valence-corrected chi connectivity index (χ4v) is 4.94. The van der Waals surface area contributed by atoms with E-state index in [1.807, 2.05) is 24.3 Å². The molecule has 2 aliphatic rings. The quantitative estimate of drug-likeness (QED) is 0.621. The van der Waals surface area contributed by atoms with Gasteiger partial charge >= 0.3 is 0 Å². The molecular weight excluding hydrogens is 416 g/mol. The van der Waals surface area contributed by atoms with Crippen LogP contribution in [0.2, 0.25) is 0 Å². The third kappa shape index (κ3) is 5.86. The van der Waals surface area contributed by atoms with Crippen molar-refractivity contribution in [3.8, 4) is 0 Å². The average molecular weight is 455 g/mol. The summed E-state index contributed by atoms with van der Waals surface area (Å²) >= 11 is 0. The summed E-state index contributed by atoms with van der Waals surface area (Å²) in [7, 11) is 0. The van der Waals surface area contributed by atoms with Crippen LogP contribution in [0.5, 0.6) is 0 Å². The lowest BCUT2D eigenvalue weighted by molar-refractivity contribution is -0.0284. The SMILES string of the molecule is CC(C)=CCCC(C)CN1CCC(O)(c2ccc3oc(C(=O)N4CCOCC4)cc3c2)CC1.